The second-order valence-corrected chi connectivity index (χ2v) is 10.5. The molecule has 8 heteroatoms. The van der Waals surface area contributed by atoms with Crippen LogP contribution in [0.25, 0.3) is 0 Å². The highest BCUT2D eigenvalue weighted by molar-refractivity contribution is 7.88. The van der Waals surface area contributed by atoms with E-state index < -0.39 is 10.0 Å². The first-order valence-corrected chi connectivity index (χ1v) is 12.4. The van der Waals surface area contributed by atoms with Crippen molar-refractivity contribution in [2.75, 3.05) is 19.6 Å². The topological polar surface area (TPSA) is 66.5 Å². The molecule has 0 saturated carbocycles. The minimum absolute atomic E-state index is 0.103. The van der Waals surface area contributed by atoms with Gasteiger partial charge in [-0.15, -0.1) is 0 Å². The molecule has 0 radical (unpaired) electrons. The Hall–Kier alpha value is -1.60. The SMILES string of the molecule is CC(CNC(=O)C1CCCN(S(=O)(=O)Cc2c(Cl)cccc2Cl)C1)c1ccccc1. The number of hydrogen-bond donors (Lipinski definition) is 1. The standard InChI is InChI=1S/C22H26Cl2N2O3S/c1-16(17-7-3-2-4-8-17)13-25-22(27)18-9-6-12-26(14-18)30(28,29)15-19-20(23)10-5-11-21(19)24/h2-5,7-8,10-11,16,18H,6,9,12-15H2,1H3,(H,25,27). The first kappa shape index (κ1) is 23.1. The van der Waals surface area contributed by atoms with Gasteiger partial charge in [-0.2, -0.15) is 0 Å². The van der Waals surface area contributed by atoms with Crippen LogP contribution in [0.15, 0.2) is 48.5 Å². The normalized spacial score (nSPS) is 18.7. The van der Waals surface area contributed by atoms with Crippen LogP contribution in [0.5, 0.6) is 0 Å². The smallest absolute Gasteiger partial charge is 0.224 e. The van der Waals surface area contributed by atoms with E-state index >= 15 is 0 Å². The van der Waals surface area contributed by atoms with Crippen LogP contribution in [-0.4, -0.2) is 38.3 Å². The van der Waals surface area contributed by atoms with Crippen LogP contribution in [0.1, 0.15) is 36.8 Å². The molecule has 0 bridgehead atoms. The van der Waals surface area contributed by atoms with Crippen molar-refractivity contribution in [3.05, 3.63) is 69.7 Å². The maximum Gasteiger partial charge on any atom is 0.224 e. The molecule has 3 rings (SSSR count). The Bertz CT molecular complexity index is 963. The van der Waals surface area contributed by atoms with Crippen molar-refractivity contribution in [2.45, 2.75) is 31.4 Å². The second-order valence-electron chi connectivity index (χ2n) is 7.71. The maximum absolute atomic E-state index is 13.0. The third kappa shape index (κ3) is 5.76. The van der Waals surface area contributed by atoms with Crippen LogP contribution >= 0.6 is 23.2 Å². The highest BCUT2D eigenvalue weighted by Gasteiger charge is 2.33. The zero-order valence-electron chi connectivity index (χ0n) is 16.9. The van der Waals surface area contributed by atoms with Crippen molar-refractivity contribution in [3.63, 3.8) is 0 Å². The quantitative estimate of drug-likeness (QED) is 0.652. The fraction of sp³-hybridized carbons (Fsp3) is 0.409. The van der Waals surface area contributed by atoms with Crippen molar-refractivity contribution >= 4 is 39.1 Å². The molecule has 1 saturated heterocycles. The highest BCUT2D eigenvalue weighted by atomic mass is 35.5. The number of carbonyl (C=O) groups excluding carboxylic acids is 1. The van der Waals surface area contributed by atoms with Crippen LogP contribution in [-0.2, 0) is 20.6 Å². The summed E-state index contributed by atoms with van der Waals surface area (Å²) in [5, 5.41) is 3.64. The van der Waals surface area contributed by atoms with Crippen molar-refractivity contribution in [1.82, 2.24) is 9.62 Å². The van der Waals surface area contributed by atoms with Gasteiger partial charge in [0.2, 0.25) is 15.9 Å². The van der Waals surface area contributed by atoms with Crippen molar-refractivity contribution in [3.8, 4) is 0 Å². The van der Waals surface area contributed by atoms with Crippen LogP contribution < -0.4 is 5.32 Å². The number of carbonyl (C=O) groups is 1. The van der Waals surface area contributed by atoms with Crippen LogP contribution in [0.2, 0.25) is 10.0 Å². The first-order valence-electron chi connectivity index (χ1n) is 10.0. The minimum Gasteiger partial charge on any atom is -0.355 e. The number of amides is 1. The van der Waals surface area contributed by atoms with Gasteiger partial charge in [-0.05, 0) is 36.5 Å². The number of rotatable bonds is 7. The lowest BCUT2D eigenvalue weighted by atomic mass is 9.97. The maximum atomic E-state index is 13.0. The van der Waals surface area contributed by atoms with Crippen LogP contribution in [0.4, 0.5) is 0 Å². The lowest BCUT2D eigenvalue weighted by Crippen LogP contribution is -2.46. The van der Waals surface area contributed by atoms with E-state index in [1.54, 1.807) is 18.2 Å². The zero-order chi connectivity index (χ0) is 21.7. The lowest BCUT2D eigenvalue weighted by Gasteiger charge is -2.31. The summed E-state index contributed by atoms with van der Waals surface area (Å²) in [6.45, 7) is 3.15. The number of halogens is 2. The predicted molar refractivity (Wildman–Crippen MR) is 121 cm³/mol. The van der Waals surface area contributed by atoms with E-state index in [2.05, 4.69) is 12.2 Å². The largest absolute Gasteiger partial charge is 0.355 e. The summed E-state index contributed by atoms with van der Waals surface area (Å²) >= 11 is 12.3. The van der Waals surface area contributed by atoms with Gasteiger partial charge in [-0.3, -0.25) is 4.79 Å². The molecule has 0 aromatic heterocycles. The van der Waals surface area contributed by atoms with Gasteiger partial charge < -0.3 is 5.32 Å². The molecule has 1 aliphatic heterocycles. The molecule has 1 N–H and O–H groups in total. The highest BCUT2D eigenvalue weighted by Crippen LogP contribution is 2.29. The molecule has 1 heterocycles. The van der Waals surface area contributed by atoms with Gasteiger partial charge in [-0.25, -0.2) is 12.7 Å². The number of piperidine rings is 1. The number of benzene rings is 2. The van der Waals surface area contributed by atoms with Gasteiger partial charge in [0, 0.05) is 35.2 Å². The second kappa shape index (κ2) is 10.1. The first-order chi connectivity index (χ1) is 14.3. The van der Waals surface area contributed by atoms with Gasteiger partial charge in [0.15, 0.2) is 0 Å². The Morgan fingerprint density at radius 3 is 2.47 bits per heavy atom. The van der Waals surface area contributed by atoms with E-state index in [1.807, 2.05) is 30.3 Å². The van der Waals surface area contributed by atoms with Gasteiger partial charge in [0.1, 0.15) is 0 Å². The Morgan fingerprint density at radius 1 is 1.13 bits per heavy atom. The van der Waals surface area contributed by atoms with Crippen LogP contribution in [0, 0.1) is 5.92 Å². The number of sulfonamides is 1. The Labute approximate surface area is 188 Å². The summed E-state index contributed by atoms with van der Waals surface area (Å²) in [6.07, 6.45) is 1.31. The van der Waals surface area contributed by atoms with Gasteiger partial charge in [-0.1, -0.05) is 66.5 Å². The molecule has 162 valence electrons. The number of nitrogens with zero attached hydrogens (tertiary/aromatic N) is 1. The Kier molecular flexibility index (Phi) is 7.80. The summed E-state index contributed by atoms with van der Waals surface area (Å²) in [6, 6.07) is 14.9. The molecule has 2 unspecified atom stereocenters. The van der Waals surface area contributed by atoms with Crippen LogP contribution in [0.3, 0.4) is 0 Å². The lowest BCUT2D eigenvalue weighted by molar-refractivity contribution is -0.126. The Morgan fingerprint density at radius 2 is 1.80 bits per heavy atom. The predicted octanol–water partition coefficient (Wildman–Crippen LogP) is 4.46. The molecule has 0 aliphatic carbocycles. The summed E-state index contributed by atoms with van der Waals surface area (Å²) < 4.78 is 27.3. The van der Waals surface area contributed by atoms with Crippen molar-refractivity contribution < 1.29 is 13.2 Å². The average Bonchev–Trinajstić information content (AvgIpc) is 2.75. The number of nitrogens with one attached hydrogen (secondary N) is 1. The zero-order valence-corrected chi connectivity index (χ0v) is 19.2. The van der Waals surface area contributed by atoms with Gasteiger partial charge in [0.05, 0.1) is 11.7 Å². The van der Waals surface area contributed by atoms with E-state index in [0.717, 1.165) is 5.56 Å². The van der Waals surface area contributed by atoms with Gasteiger partial charge >= 0.3 is 0 Å². The molecule has 30 heavy (non-hydrogen) atoms. The Balaban J connectivity index is 1.60. The summed E-state index contributed by atoms with van der Waals surface area (Å²) in [7, 11) is -3.64. The van der Waals surface area contributed by atoms with E-state index in [-0.39, 0.29) is 30.0 Å². The van der Waals surface area contributed by atoms with E-state index in [1.165, 1.54) is 4.31 Å². The van der Waals surface area contributed by atoms with E-state index in [9.17, 15) is 13.2 Å². The molecule has 2 aromatic rings. The molecule has 1 aliphatic rings. The molecule has 2 atom stereocenters. The summed E-state index contributed by atoms with van der Waals surface area (Å²) in [5.41, 5.74) is 1.55. The molecule has 2 aromatic carbocycles. The molecule has 0 spiro atoms. The molecule has 1 amide bonds. The minimum atomic E-state index is -3.64. The molecular formula is C22H26Cl2N2O3S. The fourth-order valence-corrected chi connectivity index (χ4v) is 6.01. The fourth-order valence-electron chi connectivity index (χ4n) is 3.65. The van der Waals surface area contributed by atoms with E-state index in [0.29, 0.717) is 41.5 Å². The summed E-state index contributed by atoms with van der Waals surface area (Å²) in [5.74, 6) is -0.558. The summed E-state index contributed by atoms with van der Waals surface area (Å²) in [4.78, 5) is 12.7. The van der Waals surface area contributed by atoms with E-state index in [4.69, 9.17) is 23.2 Å². The van der Waals surface area contributed by atoms with Crippen molar-refractivity contribution in [1.29, 1.82) is 0 Å². The molecular weight excluding hydrogens is 443 g/mol. The van der Waals surface area contributed by atoms with Gasteiger partial charge in [0.25, 0.3) is 0 Å². The third-order valence-corrected chi connectivity index (χ3v) is 7.97. The third-order valence-electron chi connectivity index (χ3n) is 5.49. The molecule has 5 nitrogen and oxygen atoms in total. The number of hydrogen-bond acceptors (Lipinski definition) is 3. The van der Waals surface area contributed by atoms with Crippen molar-refractivity contribution in [2.24, 2.45) is 5.92 Å². The average molecular weight is 469 g/mol. The monoisotopic (exact) mass is 468 g/mol. The molecule has 1 fully saturated rings.